The quantitative estimate of drug-likeness (QED) is 0.695. The van der Waals surface area contributed by atoms with Crippen LogP contribution in [-0.2, 0) is 4.79 Å². The number of hydrogen-bond donors (Lipinski definition) is 3. The first-order chi connectivity index (χ1) is 8.11. The highest BCUT2D eigenvalue weighted by Crippen LogP contribution is 2.22. The first-order valence-corrected chi connectivity index (χ1v) is 5.71. The number of aliphatic carboxylic acids is 1. The molecule has 1 atom stereocenters. The third kappa shape index (κ3) is 2.81. The summed E-state index contributed by atoms with van der Waals surface area (Å²) in [6.45, 7) is 3.45. The summed E-state index contributed by atoms with van der Waals surface area (Å²) in [7, 11) is 0. The van der Waals surface area contributed by atoms with Crippen molar-refractivity contribution in [1.29, 1.82) is 0 Å². The third-order valence-corrected chi connectivity index (χ3v) is 3.15. The van der Waals surface area contributed by atoms with E-state index in [-0.39, 0.29) is 18.0 Å². The van der Waals surface area contributed by atoms with Gasteiger partial charge in [0.25, 0.3) is 0 Å². The van der Waals surface area contributed by atoms with E-state index in [4.69, 9.17) is 5.11 Å². The molecule has 2 heterocycles. The summed E-state index contributed by atoms with van der Waals surface area (Å²) < 4.78 is 0. The Hall–Kier alpha value is -1.46. The van der Waals surface area contributed by atoms with E-state index in [1.165, 1.54) is 0 Å². The first kappa shape index (κ1) is 12.0. The lowest BCUT2D eigenvalue weighted by Crippen LogP contribution is -2.68. The summed E-state index contributed by atoms with van der Waals surface area (Å²) in [6.07, 6.45) is 3.64. The van der Waals surface area contributed by atoms with Crippen LogP contribution in [0.5, 0.6) is 0 Å². The van der Waals surface area contributed by atoms with Gasteiger partial charge in [0.1, 0.15) is 0 Å². The predicted octanol–water partition coefficient (Wildman–Crippen LogP) is 0.549. The molecule has 5 nitrogen and oxygen atoms in total. The van der Waals surface area contributed by atoms with Crippen molar-refractivity contribution in [3.05, 3.63) is 30.1 Å². The van der Waals surface area contributed by atoms with Crippen molar-refractivity contribution < 1.29 is 9.90 Å². The maximum atomic E-state index is 10.8. The summed E-state index contributed by atoms with van der Waals surface area (Å²) in [5, 5.41) is 15.5. The Morgan fingerprint density at radius 1 is 1.59 bits per heavy atom. The molecule has 17 heavy (non-hydrogen) atoms. The highest BCUT2D eigenvalue weighted by Gasteiger charge is 2.39. The monoisotopic (exact) mass is 235 g/mol. The van der Waals surface area contributed by atoms with Gasteiger partial charge in [-0.2, -0.15) is 0 Å². The summed E-state index contributed by atoms with van der Waals surface area (Å²) in [5.74, 6) is -0.763. The second-order valence-electron chi connectivity index (χ2n) is 4.60. The minimum atomic E-state index is -0.763. The van der Waals surface area contributed by atoms with Gasteiger partial charge in [-0.25, -0.2) is 0 Å². The molecule has 1 aromatic heterocycles. The van der Waals surface area contributed by atoms with Gasteiger partial charge >= 0.3 is 5.97 Å². The average Bonchev–Trinajstić information content (AvgIpc) is 2.26. The zero-order valence-electron chi connectivity index (χ0n) is 9.81. The second kappa shape index (κ2) is 4.81. The van der Waals surface area contributed by atoms with Gasteiger partial charge in [0.2, 0.25) is 0 Å². The van der Waals surface area contributed by atoms with Gasteiger partial charge in [-0.15, -0.1) is 0 Å². The molecule has 0 bridgehead atoms. The van der Waals surface area contributed by atoms with Crippen LogP contribution in [-0.4, -0.2) is 34.7 Å². The fourth-order valence-corrected chi connectivity index (χ4v) is 2.19. The van der Waals surface area contributed by atoms with Crippen LogP contribution in [0, 0.1) is 0 Å². The van der Waals surface area contributed by atoms with E-state index in [9.17, 15) is 4.79 Å². The number of aromatic nitrogens is 1. The first-order valence-electron chi connectivity index (χ1n) is 5.71. The van der Waals surface area contributed by atoms with Gasteiger partial charge in [0.15, 0.2) is 0 Å². The number of carboxylic acids is 1. The maximum Gasteiger partial charge on any atom is 0.305 e. The number of nitrogens with zero attached hydrogens (tertiary/aromatic N) is 1. The Balaban J connectivity index is 2.02. The molecule has 92 valence electrons. The lowest BCUT2D eigenvalue weighted by molar-refractivity contribution is -0.139. The zero-order chi connectivity index (χ0) is 12.3. The van der Waals surface area contributed by atoms with Crippen LogP contribution in [0.1, 0.15) is 24.9 Å². The van der Waals surface area contributed by atoms with Crippen LogP contribution in [0.25, 0.3) is 0 Å². The standard InChI is InChI=1S/C12H17N3O2/c1-9(10-2-4-13-5-3-10)15-12(6-11(16)17)7-14-8-12/h2-5,9,14-15H,6-8H2,1H3,(H,16,17). The molecule has 0 spiro atoms. The molecule has 1 unspecified atom stereocenters. The molecule has 2 rings (SSSR count). The van der Waals surface area contributed by atoms with Crippen LogP contribution in [0.15, 0.2) is 24.5 Å². The number of hydrogen-bond acceptors (Lipinski definition) is 4. The Bertz CT molecular complexity index is 390. The zero-order valence-corrected chi connectivity index (χ0v) is 9.81. The van der Waals surface area contributed by atoms with Crippen LogP contribution in [0.2, 0.25) is 0 Å². The van der Waals surface area contributed by atoms with E-state index >= 15 is 0 Å². The molecule has 1 aliphatic rings. The minimum Gasteiger partial charge on any atom is -0.481 e. The topological polar surface area (TPSA) is 74.2 Å². The Morgan fingerprint density at radius 3 is 2.71 bits per heavy atom. The van der Waals surface area contributed by atoms with Crippen molar-refractivity contribution in [1.82, 2.24) is 15.6 Å². The molecule has 1 fully saturated rings. The largest absolute Gasteiger partial charge is 0.481 e. The molecule has 1 aromatic rings. The van der Waals surface area contributed by atoms with Crippen molar-refractivity contribution >= 4 is 5.97 Å². The van der Waals surface area contributed by atoms with E-state index in [1.807, 2.05) is 19.1 Å². The molecule has 1 aliphatic heterocycles. The van der Waals surface area contributed by atoms with E-state index in [1.54, 1.807) is 12.4 Å². The lowest BCUT2D eigenvalue weighted by Gasteiger charge is -2.44. The van der Waals surface area contributed by atoms with Gasteiger partial charge in [-0.1, -0.05) is 0 Å². The highest BCUT2D eigenvalue weighted by molar-refractivity contribution is 5.68. The van der Waals surface area contributed by atoms with Crippen LogP contribution in [0.4, 0.5) is 0 Å². The Kier molecular flexibility index (Phi) is 3.40. The van der Waals surface area contributed by atoms with Crippen LogP contribution >= 0.6 is 0 Å². The summed E-state index contributed by atoms with van der Waals surface area (Å²) >= 11 is 0. The average molecular weight is 235 g/mol. The number of rotatable bonds is 5. The summed E-state index contributed by atoms with van der Waals surface area (Å²) in [4.78, 5) is 14.8. The fourth-order valence-electron chi connectivity index (χ4n) is 2.19. The SMILES string of the molecule is CC(NC1(CC(=O)O)CNC1)c1ccncc1. The molecule has 0 radical (unpaired) electrons. The predicted molar refractivity (Wildman–Crippen MR) is 63.6 cm³/mol. The normalized spacial score (nSPS) is 19.4. The smallest absolute Gasteiger partial charge is 0.305 e. The van der Waals surface area contributed by atoms with Gasteiger partial charge in [0, 0.05) is 31.5 Å². The van der Waals surface area contributed by atoms with E-state index in [0.29, 0.717) is 13.1 Å². The highest BCUT2D eigenvalue weighted by atomic mass is 16.4. The van der Waals surface area contributed by atoms with Gasteiger partial charge in [-0.3, -0.25) is 9.78 Å². The molecule has 0 aliphatic carbocycles. The molecule has 0 amide bonds. The fraction of sp³-hybridized carbons (Fsp3) is 0.500. The van der Waals surface area contributed by atoms with Gasteiger partial charge < -0.3 is 15.7 Å². The summed E-state index contributed by atoms with van der Waals surface area (Å²) in [6, 6.07) is 4.01. The van der Waals surface area contributed by atoms with Crippen molar-refractivity contribution in [3.8, 4) is 0 Å². The Morgan fingerprint density at radius 2 is 2.24 bits per heavy atom. The van der Waals surface area contributed by atoms with Crippen molar-refractivity contribution in [3.63, 3.8) is 0 Å². The lowest BCUT2D eigenvalue weighted by atomic mass is 9.87. The van der Waals surface area contributed by atoms with E-state index in [0.717, 1.165) is 5.56 Å². The van der Waals surface area contributed by atoms with Crippen molar-refractivity contribution in [2.24, 2.45) is 0 Å². The van der Waals surface area contributed by atoms with Crippen molar-refractivity contribution in [2.75, 3.05) is 13.1 Å². The molecule has 0 saturated carbocycles. The molecule has 3 N–H and O–H groups in total. The molecule has 5 heteroatoms. The molecule has 1 saturated heterocycles. The molecular weight excluding hydrogens is 218 g/mol. The van der Waals surface area contributed by atoms with Crippen molar-refractivity contribution in [2.45, 2.75) is 24.9 Å². The summed E-state index contributed by atoms with van der Waals surface area (Å²) in [5.41, 5.74) is 0.811. The van der Waals surface area contributed by atoms with E-state index in [2.05, 4.69) is 15.6 Å². The van der Waals surface area contributed by atoms with E-state index < -0.39 is 5.97 Å². The van der Waals surface area contributed by atoms with Crippen LogP contribution < -0.4 is 10.6 Å². The maximum absolute atomic E-state index is 10.8. The van der Waals surface area contributed by atoms with Gasteiger partial charge in [0.05, 0.1) is 12.0 Å². The third-order valence-electron chi connectivity index (χ3n) is 3.15. The number of pyridine rings is 1. The van der Waals surface area contributed by atoms with Crippen LogP contribution in [0.3, 0.4) is 0 Å². The number of carboxylic acid groups (broad SMARTS) is 1. The second-order valence-corrected chi connectivity index (χ2v) is 4.60. The minimum absolute atomic E-state index is 0.124. The Labute approximate surface area is 100 Å². The number of nitrogens with one attached hydrogen (secondary N) is 2. The van der Waals surface area contributed by atoms with Gasteiger partial charge in [-0.05, 0) is 24.6 Å². The molecular formula is C12H17N3O2. The number of carbonyl (C=O) groups is 1. The molecule has 0 aromatic carbocycles.